The normalized spacial score (nSPS) is 18.7. The number of hydrogen-bond donors (Lipinski definition) is 0. The number of benzene rings is 4. The second-order valence-corrected chi connectivity index (χ2v) is 19.5. The van der Waals surface area contributed by atoms with E-state index in [1.54, 1.807) is 71.1 Å². The summed E-state index contributed by atoms with van der Waals surface area (Å²) >= 11 is 0. The van der Waals surface area contributed by atoms with Crippen molar-refractivity contribution in [3.63, 3.8) is 0 Å². The largest absolute Gasteiger partial charge is 0.493 e. The van der Waals surface area contributed by atoms with Crippen LogP contribution in [0, 0.1) is 0 Å². The van der Waals surface area contributed by atoms with Gasteiger partial charge in [-0.25, -0.2) is 0 Å². The zero-order valence-electron chi connectivity index (χ0n) is 47.3. The molecule has 0 saturated heterocycles. The van der Waals surface area contributed by atoms with Gasteiger partial charge < -0.3 is 65.8 Å². The van der Waals surface area contributed by atoms with Crippen molar-refractivity contribution >= 4 is 11.9 Å². The lowest BCUT2D eigenvalue weighted by Gasteiger charge is -2.48. The highest BCUT2D eigenvalue weighted by Crippen LogP contribution is 2.48. The van der Waals surface area contributed by atoms with Gasteiger partial charge in [-0.3, -0.25) is 9.59 Å². The van der Waals surface area contributed by atoms with Crippen molar-refractivity contribution < 1.29 is 75.4 Å². The minimum absolute atomic E-state index is 0.0687. The van der Waals surface area contributed by atoms with Crippen LogP contribution in [0.4, 0.5) is 0 Å². The number of quaternary nitrogens is 2. The Kier molecular flexibility index (Phi) is 21.7. The predicted molar refractivity (Wildman–Crippen MR) is 291 cm³/mol. The minimum Gasteiger partial charge on any atom is -0.493 e. The molecule has 2 aliphatic heterocycles. The van der Waals surface area contributed by atoms with Crippen LogP contribution in [-0.4, -0.2) is 144 Å². The van der Waals surface area contributed by atoms with Gasteiger partial charge in [0.15, 0.2) is 46.0 Å². The molecule has 0 spiro atoms. The third kappa shape index (κ3) is 13.5. The van der Waals surface area contributed by atoms with Gasteiger partial charge in [0.1, 0.15) is 12.1 Å². The zero-order chi connectivity index (χ0) is 54.8. The van der Waals surface area contributed by atoms with Crippen molar-refractivity contribution in [3.8, 4) is 57.5 Å². The fourth-order valence-electron chi connectivity index (χ4n) is 11.6. The van der Waals surface area contributed by atoms with Gasteiger partial charge in [-0.1, -0.05) is 12.2 Å². The average Bonchev–Trinajstić information content (AvgIpc) is 3.45. The molecule has 0 saturated carbocycles. The molecule has 0 bridgehead atoms. The molecule has 4 atom stereocenters. The maximum atomic E-state index is 12.9. The molecule has 2 unspecified atom stereocenters. The SMILES string of the molecule is CC[N+]1(CCCOC(=O)CC/C=C/CCC(=O)OCCC[N+]2(CC)CCc3cc(OC)c(OC)cc3[C@H]2Cc2cc(OC)c(OC)c(OC)c2)CCc2cc(OC)c(OC)cc2[C@H]1Cc1cc(OC)c(OC)c(OC)c1. The molecule has 4 aromatic carbocycles. The standard InChI is InChI=1S/C60H84N2O14/c1-13-61(27-23-43-37-49(65-3)51(67-5)39-45(43)47(61)31-41-33-53(69-7)59(73-11)54(34-41)70-8)25-19-29-75-57(63)21-17-15-16-18-22-58(64)76-30-20-26-62(14-2)28-24-44-38-50(66-4)52(68-6)40-46(44)48(62)32-42-35-55(71-9)60(74-12)56(36-42)72-10/h15-16,33-40,47-48H,13-14,17-32H2,1-12H3/q+2/b16-15+/t47-,48-,61?,62?/m1/s1. The quantitative estimate of drug-likeness (QED) is 0.0211. The van der Waals surface area contributed by atoms with E-state index in [2.05, 4.69) is 38.1 Å². The van der Waals surface area contributed by atoms with Crippen LogP contribution in [0.1, 0.15) is 97.8 Å². The van der Waals surface area contributed by atoms with Crippen LogP contribution in [0.3, 0.4) is 0 Å². The third-order valence-corrected chi connectivity index (χ3v) is 15.8. The zero-order valence-corrected chi connectivity index (χ0v) is 47.3. The Morgan fingerprint density at radius 2 is 0.789 bits per heavy atom. The van der Waals surface area contributed by atoms with E-state index in [0.29, 0.717) is 109 Å². The van der Waals surface area contributed by atoms with Gasteiger partial charge >= 0.3 is 11.9 Å². The number of carbonyl (C=O) groups excluding carboxylic acids is 2. The molecule has 16 heteroatoms. The van der Waals surface area contributed by atoms with E-state index in [0.717, 1.165) is 72.2 Å². The van der Waals surface area contributed by atoms with Crippen LogP contribution >= 0.6 is 0 Å². The lowest BCUT2D eigenvalue weighted by Crippen LogP contribution is -2.55. The number of ether oxygens (including phenoxy) is 12. The van der Waals surface area contributed by atoms with Gasteiger partial charge in [-0.05, 0) is 97.5 Å². The second-order valence-electron chi connectivity index (χ2n) is 19.5. The Morgan fingerprint density at radius 1 is 0.461 bits per heavy atom. The fourth-order valence-corrected chi connectivity index (χ4v) is 11.6. The first-order chi connectivity index (χ1) is 36.9. The number of hydrogen-bond acceptors (Lipinski definition) is 14. The molecule has 0 fully saturated rings. The van der Waals surface area contributed by atoms with Gasteiger partial charge in [0.05, 0.1) is 124 Å². The molecule has 0 radical (unpaired) electrons. The molecule has 2 heterocycles. The van der Waals surface area contributed by atoms with E-state index in [4.69, 9.17) is 56.8 Å². The summed E-state index contributed by atoms with van der Waals surface area (Å²) in [6.07, 6.45) is 10.0. The van der Waals surface area contributed by atoms with Crippen molar-refractivity contribution in [3.05, 3.63) is 94.1 Å². The maximum Gasteiger partial charge on any atom is 0.306 e. The molecular formula is C60H84N2O14+2. The number of carbonyl (C=O) groups is 2. The summed E-state index contributed by atoms with van der Waals surface area (Å²) in [6.45, 7) is 10.4. The predicted octanol–water partition coefficient (Wildman–Crippen LogP) is 9.81. The Bertz CT molecular complexity index is 2370. The Labute approximate surface area is 451 Å². The molecule has 0 aromatic heterocycles. The van der Waals surface area contributed by atoms with E-state index in [-0.39, 0.29) is 36.9 Å². The lowest BCUT2D eigenvalue weighted by molar-refractivity contribution is -0.957. The van der Waals surface area contributed by atoms with Gasteiger partial charge in [0.25, 0.3) is 0 Å². The van der Waals surface area contributed by atoms with Crippen LogP contribution in [0.2, 0.25) is 0 Å². The molecule has 0 amide bonds. The number of likely N-dealkylation sites (N-methyl/N-ethyl adjacent to an activating group) is 2. The third-order valence-electron chi connectivity index (χ3n) is 15.8. The average molecular weight is 1060 g/mol. The lowest BCUT2D eigenvalue weighted by atomic mass is 9.85. The van der Waals surface area contributed by atoms with Crippen LogP contribution < -0.4 is 47.4 Å². The van der Waals surface area contributed by atoms with Crippen LogP contribution in [0.25, 0.3) is 0 Å². The first-order valence-electron chi connectivity index (χ1n) is 26.6. The molecule has 0 N–H and O–H groups in total. The second kappa shape index (κ2) is 28.0. The molecule has 16 nitrogen and oxygen atoms in total. The number of esters is 2. The van der Waals surface area contributed by atoms with Crippen molar-refractivity contribution in [1.29, 1.82) is 0 Å². The molecular weight excluding hydrogens is 973 g/mol. The molecule has 416 valence electrons. The molecule has 0 aliphatic carbocycles. The topological polar surface area (TPSA) is 145 Å². The van der Waals surface area contributed by atoms with E-state index < -0.39 is 0 Å². The summed E-state index contributed by atoms with van der Waals surface area (Å²) in [7, 11) is 16.4. The van der Waals surface area contributed by atoms with Gasteiger partial charge in [-0.2, -0.15) is 0 Å². The van der Waals surface area contributed by atoms with Crippen molar-refractivity contribution in [2.75, 3.05) is 124 Å². The molecule has 6 rings (SSSR count). The maximum absolute atomic E-state index is 12.9. The van der Waals surface area contributed by atoms with Crippen LogP contribution in [0.15, 0.2) is 60.7 Å². The highest BCUT2D eigenvalue weighted by atomic mass is 16.6. The van der Waals surface area contributed by atoms with Gasteiger partial charge in [-0.15, -0.1) is 0 Å². The number of fused-ring (bicyclic) bond motifs is 2. The first kappa shape index (κ1) is 58.7. The van der Waals surface area contributed by atoms with Crippen molar-refractivity contribution in [2.24, 2.45) is 0 Å². The van der Waals surface area contributed by atoms with E-state index in [1.807, 2.05) is 36.4 Å². The number of allylic oxidation sites excluding steroid dienone is 2. The highest BCUT2D eigenvalue weighted by molar-refractivity contribution is 5.70. The summed E-state index contributed by atoms with van der Waals surface area (Å²) in [5.41, 5.74) is 7.01. The summed E-state index contributed by atoms with van der Waals surface area (Å²) in [5.74, 6) is 5.88. The molecule has 4 aromatic rings. The Morgan fingerprint density at radius 3 is 1.09 bits per heavy atom. The van der Waals surface area contributed by atoms with Gasteiger partial charge in [0.2, 0.25) is 11.5 Å². The Balaban J connectivity index is 0.989. The first-order valence-corrected chi connectivity index (χ1v) is 26.6. The number of rotatable bonds is 30. The smallest absolute Gasteiger partial charge is 0.306 e. The Hall–Kier alpha value is -6.52. The van der Waals surface area contributed by atoms with E-state index >= 15 is 0 Å². The van der Waals surface area contributed by atoms with Gasteiger partial charge in [0, 0.05) is 62.5 Å². The number of methoxy groups -OCH3 is 10. The summed E-state index contributed by atoms with van der Waals surface area (Å²) in [4.78, 5) is 25.9. The van der Waals surface area contributed by atoms with E-state index in [1.165, 1.54) is 22.3 Å². The molecule has 2 aliphatic rings. The van der Waals surface area contributed by atoms with E-state index in [9.17, 15) is 9.59 Å². The van der Waals surface area contributed by atoms with Crippen molar-refractivity contribution in [2.45, 2.75) is 90.1 Å². The summed E-state index contributed by atoms with van der Waals surface area (Å²) in [5, 5.41) is 0. The fraction of sp³-hybridized carbons (Fsp3) is 0.533. The monoisotopic (exact) mass is 1060 g/mol. The summed E-state index contributed by atoms with van der Waals surface area (Å²) in [6, 6.07) is 16.7. The van der Waals surface area contributed by atoms with Crippen LogP contribution in [0.5, 0.6) is 57.5 Å². The highest BCUT2D eigenvalue weighted by Gasteiger charge is 2.44. The minimum atomic E-state index is -0.240. The summed E-state index contributed by atoms with van der Waals surface area (Å²) < 4.78 is 70.4. The van der Waals surface area contributed by atoms with Crippen LogP contribution in [-0.2, 0) is 44.7 Å². The number of nitrogens with zero attached hydrogens (tertiary/aromatic N) is 2. The van der Waals surface area contributed by atoms with Crippen molar-refractivity contribution in [1.82, 2.24) is 0 Å². The molecule has 76 heavy (non-hydrogen) atoms.